The largest absolute Gasteiger partial charge is 0.345 e. The number of fused-ring (bicyclic) bond motifs is 5. The Kier molecular flexibility index (Phi) is 2.29. The number of nitrogens with one attached hydrogen (secondary N) is 1. The Morgan fingerprint density at radius 2 is 2.11 bits per heavy atom. The molecule has 0 fully saturated rings. The van der Waals surface area contributed by atoms with Gasteiger partial charge in [0.25, 0.3) is 5.91 Å². The summed E-state index contributed by atoms with van der Waals surface area (Å²) in [6.45, 7) is 2.39. The SMILES string of the molecule is Cc1nnc2n1-c1sc3c(c1C(=O)NC2)CCCC3. The van der Waals surface area contributed by atoms with E-state index in [9.17, 15) is 4.79 Å². The second-order valence-corrected chi connectivity index (χ2v) is 6.16. The van der Waals surface area contributed by atoms with Crippen molar-refractivity contribution in [1.82, 2.24) is 20.1 Å². The summed E-state index contributed by atoms with van der Waals surface area (Å²) < 4.78 is 2.04. The van der Waals surface area contributed by atoms with Crippen LogP contribution in [-0.2, 0) is 19.4 Å². The number of amides is 1. The first-order chi connectivity index (χ1) is 9.25. The normalized spacial score (nSPS) is 17.2. The fourth-order valence-electron chi connectivity index (χ4n) is 2.98. The van der Waals surface area contributed by atoms with Crippen molar-refractivity contribution in [1.29, 1.82) is 0 Å². The van der Waals surface area contributed by atoms with E-state index in [0.717, 1.165) is 35.1 Å². The molecule has 2 aromatic heterocycles. The highest BCUT2D eigenvalue weighted by Gasteiger charge is 2.30. The van der Waals surface area contributed by atoms with E-state index >= 15 is 0 Å². The molecule has 5 nitrogen and oxygen atoms in total. The zero-order chi connectivity index (χ0) is 13.0. The maximum absolute atomic E-state index is 12.4. The lowest BCUT2D eigenvalue weighted by Gasteiger charge is -2.11. The van der Waals surface area contributed by atoms with Crippen LogP contribution in [0.2, 0.25) is 0 Å². The van der Waals surface area contributed by atoms with Crippen LogP contribution in [0.5, 0.6) is 0 Å². The molecule has 6 heteroatoms. The average molecular weight is 274 g/mol. The average Bonchev–Trinajstić information content (AvgIpc) is 2.92. The van der Waals surface area contributed by atoms with Crippen LogP contribution in [0.3, 0.4) is 0 Å². The van der Waals surface area contributed by atoms with E-state index in [-0.39, 0.29) is 5.91 Å². The molecule has 0 atom stereocenters. The van der Waals surface area contributed by atoms with Gasteiger partial charge >= 0.3 is 0 Å². The van der Waals surface area contributed by atoms with Gasteiger partial charge < -0.3 is 5.32 Å². The highest BCUT2D eigenvalue weighted by Crippen LogP contribution is 2.38. The van der Waals surface area contributed by atoms with Gasteiger partial charge in [-0.25, -0.2) is 0 Å². The first kappa shape index (κ1) is 11.2. The molecule has 98 valence electrons. The van der Waals surface area contributed by atoms with E-state index in [4.69, 9.17) is 0 Å². The van der Waals surface area contributed by atoms with Crippen molar-refractivity contribution in [2.45, 2.75) is 39.2 Å². The van der Waals surface area contributed by atoms with Gasteiger partial charge in [0.05, 0.1) is 12.1 Å². The Hall–Kier alpha value is -1.69. The second-order valence-electron chi connectivity index (χ2n) is 5.07. The minimum atomic E-state index is 0.0410. The summed E-state index contributed by atoms with van der Waals surface area (Å²) in [6, 6.07) is 0. The van der Waals surface area contributed by atoms with Gasteiger partial charge in [0, 0.05) is 4.88 Å². The summed E-state index contributed by atoms with van der Waals surface area (Å²) in [5.41, 5.74) is 2.12. The van der Waals surface area contributed by atoms with E-state index in [0.29, 0.717) is 6.54 Å². The van der Waals surface area contributed by atoms with E-state index < -0.39 is 0 Å². The molecule has 0 spiro atoms. The number of carbonyl (C=O) groups excluding carboxylic acids is 1. The van der Waals surface area contributed by atoms with Crippen molar-refractivity contribution < 1.29 is 4.79 Å². The molecule has 19 heavy (non-hydrogen) atoms. The van der Waals surface area contributed by atoms with E-state index in [1.807, 2.05) is 11.5 Å². The Morgan fingerprint density at radius 3 is 3.00 bits per heavy atom. The van der Waals surface area contributed by atoms with Crippen molar-refractivity contribution in [3.8, 4) is 5.00 Å². The third kappa shape index (κ3) is 1.49. The molecule has 1 aliphatic heterocycles. The molecule has 0 unspecified atom stereocenters. The molecule has 1 amide bonds. The van der Waals surface area contributed by atoms with Gasteiger partial charge in [0.15, 0.2) is 5.82 Å². The molecule has 0 radical (unpaired) electrons. The first-order valence-corrected chi connectivity index (χ1v) is 7.41. The van der Waals surface area contributed by atoms with Gasteiger partial charge in [-0.1, -0.05) is 0 Å². The number of hydrogen-bond donors (Lipinski definition) is 1. The number of thiophene rings is 1. The quantitative estimate of drug-likeness (QED) is 0.796. The van der Waals surface area contributed by atoms with Crippen molar-refractivity contribution in [3.05, 3.63) is 27.7 Å². The first-order valence-electron chi connectivity index (χ1n) is 6.59. The van der Waals surface area contributed by atoms with Crippen molar-refractivity contribution >= 4 is 17.2 Å². The smallest absolute Gasteiger partial charge is 0.254 e. The lowest BCUT2D eigenvalue weighted by molar-refractivity contribution is 0.0951. The summed E-state index contributed by atoms with van der Waals surface area (Å²) in [4.78, 5) is 13.7. The minimum Gasteiger partial charge on any atom is -0.345 e. The van der Waals surface area contributed by atoms with E-state index in [2.05, 4.69) is 15.5 Å². The summed E-state index contributed by atoms with van der Waals surface area (Å²) in [5.74, 6) is 1.72. The van der Waals surface area contributed by atoms with Gasteiger partial charge in [-0.2, -0.15) is 0 Å². The molecule has 0 saturated heterocycles. The summed E-state index contributed by atoms with van der Waals surface area (Å²) in [5, 5.41) is 12.3. The molecular formula is C13H14N4OS. The zero-order valence-corrected chi connectivity index (χ0v) is 11.5. The molecule has 3 heterocycles. The summed E-state index contributed by atoms with van der Waals surface area (Å²) in [6.07, 6.45) is 4.52. The Labute approximate surface area is 114 Å². The Balaban J connectivity index is 2.03. The second kappa shape index (κ2) is 3.90. The van der Waals surface area contributed by atoms with Crippen LogP contribution in [0.25, 0.3) is 5.00 Å². The van der Waals surface area contributed by atoms with Crippen molar-refractivity contribution in [2.24, 2.45) is 0 Å². The predicted molar refractivity (Wildman–Crippen MR) is 71.8 cm³/mol. The summed E-state index contributed by atoms with van der Waals surface area (Å²) in [7, 11) is 0. The predicted octanol–water partition coefficient (Wildman–Crippen LogP) is 1.76. The molecular weight excluding hydrogens is 260 g/mol. The topological polar surface area (TPSA) is 59.8 Å². The van der Waals surface area contributed by atoms with Crippen LogP contribution in [-0.4, -0.2) is 20.7 Å². The maximum Gasteiger partial charge on any atom is 0.254 e. The Morgan fingerprint density at radius 1 is 1.26 bits per heavy atom. The van der Waals surface area contributed by atoms with Gasteiger partial charge in [0.1, 0.15) is 10.8 Å². The molecule has 2 aliphatic rings. The van der Waals surface area contributed by atoms with Gasteiger partial charge in [-0.05, 0) is 38.2 Å². The van der Waals surface area contributed by atoms with Crippen LogP contribution < -0.4 is 5.32 Å². The van der Waals surface area contributed by atoms with Crippen LogP contribution in [0.1, 0.15) is 45.3 Å². The lowest BCUT2D eigenvalue weighted by Crippen LogP contribution is -2.23. The van der Waals surface area contributed by atoms with Crippen LogP contribution in [0.4, 0.5) is 0 Å². The van der Waals surface area contributed by atoms with Gasteiger partial charge in [-0.15, -0.1) is 21.5 Å². The number of hydrogen-bond acceptors (Lipinski definition) is 4. The third-order valence-electron chi connectivity index (χ3n) is 3.88. The van der Waals surface area contributed by atoms with Crippen molar-refractivity contribution in [3.63, 3.8) is 0 Å². The maximum atomic E-state index is 12.4. The number of aromatic nitrogens is 3. The fourth-order valence-corrected chi connectivity index (χ4v) is 4.43. The molecule has 4 rings (SSSR count). The molecule has 0 saturated carbocycles. The van der Waals surface area contributed by atoms with Gasteiger partial charge in [0.2, 0.25) is 0 Å². The van der Waals surface area contributed by atoms with Crippen molar-refractivity contribution in [2.75, 3.05) is 0 Å². The monoisotopic (exact) mass is 274 g/mol. The third-order valence-corrected chi connectivity index (χ3v) is 5.16. The zero-order valence-electron chi connectivity index (χ0n) is 10.7. The molecule has 2 aromatic rings. The Bertz CT molecular complexity index is 685. The number of rotatable bonds is 0. The summed E-state index contributed by atoms with van der Waals surface area (Å²) >= 11 is 1.74. The number of carbonyl (C=O) groups is 1. The standard InChI is InChI=1S/C13H14N4OS/c1-7-15-16-10-6-14-12(18)11-8-4-2-3-5-9(8)19-13(11)17(7)10/h2-6H2,1H3,(H,14,18). The van der Waals surface area contributed by atoms with E-state index in [1.165, 1.54) is 23.3 Å². The lowest BCUT2D eigenvalue weighted by atomic mass is 9.95. The highest BCUT2D eigenvalue weighted by molar-refractivity contribution is 7.15. The number of aryl methyl sites for hydroxylation is 2. The molecule has 0 aromatic carbocycles. The fraction of sp³-hybridized carbons (Fsp3) is 0.462. The minimum absolute atomic E-state index is 0.0410. The molecule has 0 bridgehead atoms. The molecule has 1 N–H and O–H groups in total. The van der Waals surface area contributed by atoms with Gasteiger partial charge in [-0.3, -0.25) is 9.36 Å². The van der Waals surface area contributed by atoms with Crippen LogP contribution in [0.15, 0.2) is 0 Å². The molecule has 1 aliphatic carbocycles. The highest BCUT2D eigenvalue weighted by atomic mass is 32.1. The number of nitrogens with zero attached hydrogens (tertiary/aromatic N) is 3. The van der Waals surface area contributed by atoms with E-state index in [1.54, 1.807) is 11.3 Å². The van der Waals surface area contributed by atoms with Crippen LogP contribution in [0, 0.1) is 6.92 Å². The van der Waals surface area contributed by atoms with Crippen LogP contribution >= 0.6 is 11.3 Å².